The first-order chi connectivity index (χ1) is 14.3. The number of carbonyl (C=O) groups excluding carboxylic acids is 1. The lowest BCUT2D eigenvalue weighted by Crippen LogP contribution is -2.38. The van der Waals surface area contributed by atoms with Gasteiger partial charge in [0.05, 0.1) is 31.0 Å². The number of carbonyl (C=O) groups is 1. The SMILES string of the molecule is C#CCN(C(=O)/C(CSCCC(F)(F)F)=N/OC)c1cn(-c2cccnc2)nc1Cl. The molecule has 0 fully saturated rings. The number of anilines is 1. The van der Waals surface area contributed by atoms with Crippen LogP contribution >= 0.6 is 23.4 Å². The van der Waals surface area contributed by atoms with Crippen LogP contribution in [-0.2, 0) is 9.63 Å². The average Bonchev–Trinajstić information content (AvgIpc) is 3.09. The summed E-state index contributed by atoms with van der Waals surface area (Å²) in [5, 5.41) is 7.81. The van der Waals surface area contributed by atoms with Gasteiger partial charge >= 0.3 is 6.18 Å². The van der Waals surface area contributed by atoms with Gasteiger partial charge in [-0.05, 0) is 12.1 Å². The minimum Gasteiger partial charge on any atom is -0.399 e. The van der Waals surface area contributed by atoms with Crippen molar-refractivity contribution in [1.82, 2.24) is 14.8 Å². The maximum Gasteiger partial charge on any atom is 0.389 e. The molecule has 2 aromatic rings. The van der Waals surface area contributed by atoms with Gasteiger partial charge < -0.3 is 4.84 Å². The zero-order valence-electron chi connectivity index (χ0n) is 15.8. The number of amides is 1. The number of hydrogen-bond donors (Lipinski definition) is 0. The van der Waals surface area contributed by atoms with Gasteiger partial charge in [0.15, 0.2) is 10.9 Å². The van der Waals surface area contributed by atoms with Crippen molar-refractivity contribution in [3.05, 3.63) is 35.9 Å². The van der Waals surface area contributed by atoms with E-state index in [4.69, 9.17) is 18.0 Å². The van der Waals surface area contributed by atoms with E-state index in [1.807, 2.05) is 0 Å². The fourth-order valence-electron chi connectivity index (χ4n) is 2.25. The first-order valence-corrected chi connectivity index (χ1v) is 9.95. The van der Waals surface area contributed by atoms with Crippen LogP contribution in [-0.4, -0.2) is 57.7 Å². The van der Waals surface area contributed by atoms with E-state index < -0.39 is 18.5 Å². The van der Waals surface area contributed by atoms with Crippen molar-refractivity contribution in [2.45, 2.75) is 12.6 Å². The highest BCUT2D eigenvalue weighted by Crippen LogP contribution is 2.27. The molecule has 0 aliphatic heterocycles. The van der Waals surface area contributed by atoms with Crippen LogP contribution < -0.4 is 4.90 Å². The Kier molecular flexibility index (Phi) is 8.56. The molecule has 0 saturated carbocycles. The van der Waals surface area contributed by atoms with Crippen molar-refractivity contribution >= 4 is 40.7 Å². The molecule has 30 heavy (non-hydrogen) atoms. The molecule has 2 rings (SSSR count). The highest BCUT2D eigenvalue weighted by atomic mass is 35.5. The van der Waals surface area contributed by atoms with Gasteiger partial charge in [-0.1, -0.05) is 22.7 Å². The Hall–Kier alpha value is -2.71. The Morgan fingerprint density at radius 3 is 2.87 bits per heavy atom. The number of terminal acetylenes is 1. The largest absolute Gasteiger partial charge is 0.399 e. The number of alkyl halides is 3. The molecule has 1 amide bonds. The summed E-state index contributed by atoms with van der Waals surface area (Å²) in [6.45, 7) is -0.159. The van der Waals surface area contributed by atoms with E-state index in [2.05, 4.69) is 26.0 Å². The number of hydrogen-bond acceptors (Lipinski definition) is 6. The Morgan fingerprint density at radius 1 is 1.50 bits per heavy atom. The summed E-state index contributed by atoms with van der Waals surface area (Å²) in [5.41, 5.74) is 0.713. The van der Waals surface area contributed by atoms with E-state index in [0.717, 1.165) is 16.7 Å². The molecular formula is C18H17ClF3N5O2S. The quantitative estimate of drug-likeness (QED) is 0.248. The summed E-state index contributed by atoms with van der Waals surface area (Å²) in [5.74, 6) is 1.38. The second-order valence-corrected chi connectivity index (χ2v) is 7.16. The summed E-state index contributed by atoms with van der Waals surface area (Å²) in [4.78, 5) is 22.8. The lowest BCUT2D eigenvalue weighted by atomic mass is 10.3. The maximum atomic E-state index is 13.0. The topological polar surface area (TPSA) is 72.6 Å². The van der Waals surface area contributed by atoms with E-state index in [-0.39, 0.29) is 34.6 Å². The molecule has 0 unspecified atom stereocenters. The van der Waals surface area contributed by atoms with Crippen LogP contribution in [0.1, 0.15) is 6.42 Å². The van der Waals surface area contributed by atoms with Gasteiger partial charge in [-0.15, -0.1) is 6.42 Å². The minimum absolute atomic E-state index is 0.00365. The lowest BCUT2D eigenvalue weighted by molar-refractivity contribution is -0.129. The lowest BCUT2D eigenvalue weighted by Gasteiger charge is -2.19. The van der Waals surface area contributed by atoms with E-state index in [0.29, 0.717) is 5.69 Å². The highest BCUT2D eigenvalue weighted by molar-refractivity contribution is 8.00. The fourth-order valence-corrected chi connectivity index (χ4v) is 3.38. The predicted octanol–water partition coefficient (Wildman–Crippen LogP) is 3.57. The number of nitrogens with zero attached hydrogens (tertiary/aromatic N) is 5. The number of pyridine rings is 1. The van der Waals surface area contributed by atoms with E-state index in [9.17, 15) is 18.0 Å². The third-order valence-electron chi connectivity index (χ3n) is 3.56. The molecule has 2 aromatic heterocycles. The maximum absolute atomic E-state index is 13.0. The van der Waals surface area contributed by atoms with Crippen LogP contribution in [0.25, 0.3) is 5.69 Å². The molecule has 0 atom stereocenters. The van der Waals surface area contributed by atoms with Gasteiger partial charge in [0.25, 0.3) is 5.91 Å². The van der Waals surface area contributed by atoms with Gasteiger partial charge in [-0.25, -0.2) is 4.68 Å². The molecule has 2 heterocycles. The number of thioether (sulfide) groups is 1. The standard InChI is InChI=1S/C18H17ClF3N5O2S/c1-3-8-26(15-11-27(24-16(15)19)13-5-4-7-23-10-13)17(28)14(25-29-2)12-30-9-6-18(20,21)22/h1,4-5,7,10-11H,6,8-9,12H2,2H3/b25-14+. The zero-order valence-corrected chi connectivity index (χ0v) is 17.3. The van der Waals surface area contributed by atoms with Crippen LogP contribution in [0.5, 0.6) is 0 Å². The second kappa shape index (κ2) is 10.9. The van der Waals surface area contributed by atoms with E-state index in [1.54, 1.807) is 24.5 Å². The monoisotopic (exact) mass is 459 g/mol. The molecule has 0 bridgehead atoms. The third kappa shape index (κ3) is 6.67. The molecule has 160 valence electrons. The normalized spacial score (nSPS) is 11.8. The number of oxime groups is 1. The Morgan fingerprint density at radius 2 is 2.27 bits per heavy atom. The van der Waals surface area contributed by atoms with Crippen molar-refractivity contribution in [2.24, 2.45) is 5.16 Å². The van der Waals surface area contributed by atoms with Gasteiger partial charge in [-0.3, -0.25) is 14.7 Å². The van der Waals surface area contributed by atoms with Crippen molar-refractivity contribution in [2.75, 3.05) is 30.1 Å². The molecular weight excluding hydrogens is 443 g/mol. The fraction of sp³-hybridized carbons (Fsp3) is 0.333. The predicted molar refractivity (Wildman–Crippen MR) is 110 cm³/mol. The summed E-state index contributed by atoms with van der Waals surface area (Å²) in [6, 6.07) is 3.44. The molecule has 12 heteroatoms. The van der Waals surface area contributed by atoms with Crippen LogP contribution in [0, 0.1) is 12.3 Å². The Labute approximate surface area is 180 Å². The molecule has 0 aromatic carbocycles. The van der Waals surface area contributed by atoms with E-state index >= 15 is 0 Å². The van der Waals surface area contributed by atoms with Crippen molar-refractivity contribution < 1.29 is 22.8 Å². The molecule has 0 aliphatic rings. The minimum atomic E-state index is -4.28. The molecule has 0 radical (unpaired) electrons. The summed E-state index contributed by atoms with van der Waals surface area (Å²) in [6.07, 6.45) is 4.77. The molecule has 0 N–H and O–H groups in total. The van der Waals surface area contributed by atoms with Gasteiger partial charge in [0.1, 0.15) is 12.8 Å². The van der Waals surface area contributed by atoms with Crippen LogP contribution in [0.4, 0.5) is 18.9 Å². The van der Waals surface area contributed by atoms with Gasteiger partial charge in [-0.2, -0.15) is 30.0 Å². The second-order valence-electron chi connectivity index (χ2n) is 5.69. The van der Waals surface area contributed by atoms with Crippen LogP contribution in [0.2, 0.25) is 5.15 Å². The number of halogens is 4. The highest BCUT2D eigenvalue weighted by Gasteiger charge is 2.28. The Balaban J connectivity index is 2.23. The molecule has 0 aliphatic carbocycles. The Bertz CT molecular complexity index is 928. The molecule has 7 nitrogen and oxygen atoms in total. The first-order valence-electron chi connectivity index (χ1n) is 8.42. The molecule has 0 saturated heterocycles. The van der Waals surface area contributed by atoms with Crippen LogP contribution in [0.3, 0.4) is 0 Å². The van der Waals surface area contributed by atoms with Crippen LogP contribution in [0.15, 0.2) is 35.9 Å². The summed E-state index contributed by atoms with van der Waals surface area (Å²) in [7, 11) is 1.23. The average molecular weight is 460 g/mol. The van der Waals surface area contributed by atoms with Crippen molar-refractivity contribution in [3.8, 4) is 18.0 Å². The van der Waals surface area contributed by atoms with Gasteiger partial charge in [0.2, 0.25) is 0 Å². The number of rotatable bonds is 9. The van der Waals surface area contributed by atoms with Crippen molar-refractivity contribution in [3.63, 3.8) is 0 Å². The van der Waals surface area contributed by atoms with Gasteiger partial charge in [0, 0.05) is 17.7 Å². The smallest absolute Gasteiger partial charge is 0.389 e. The first kappa shape index (κ1) is 23.6. The van der Waals surface area contributed by atoms with E-state index in [1.165, 1.54) is 18.0 Å². The summed E-state index contributed by atoms with van der Waals surface area (Å²) < 4.78 is 38.4. The number of aromatic nitrogens is 3. The summed E-state index contributed by atoms with van der Waals surface area (Å²) >= 11 is 7.11. The van der Waals surface area contributed by atoms with Crippen molar-refractivity contribution in [1.29, 1.82) is 0 Å². The third-order valence-corrected chi connectivity index (χ3v) is 4.80. The zero-order chi connectivity index (χ0) is 22.1. The molecule has 0 spiro atoms.